The van der Waals surface area contributed by atoms with Crippen LogP contribution in [0.15, 0.2) is 66.7 Å². The van der Waals surface area contributed by atoms with E-state index in [1.807, 2.05) is 54.6 Å². The zero-order chi connectivity index (χ0) is 21.9. The average molecular weight is 450 g/mol. The maximum atomic E-state index is 13.0. The van der Waals surface area contributed by atoms with E-state index in [0.29, 0.717) is 12.1 Å². The molecule has 0 amide bonds. The molecule has 2 aliphatic rings. The number of esters is 1. The molecule has 0 saturated carbocycles. The lowest BCUT2D eigenvalue weighted by Crippen LogP contribution is -2.59. The lowest BCUT2D eigenvalue weighted by Gasteiger charge is -2.44. The van der Waals surface area contributed by atoms with Gasteiger partial charge < -0.3 is 15.0 Å². The Bertz CT molecular complexity index is 1100. The molecular formula is C26H28ClN3O2. The Labute approximate surface area is 193 Å². The van der Waals surface area contributed by atoms with Crippen LogP contribution in [-0.2, 0) is 4.74 Å². The predicted octanol–water partition coefficient (Wildman–Crippen LogP) is 4.20. The number of piperidine rings is 1. The highest BCUT2D eigenvalue weighted by Crippen LogP contribution is 2.24. The largest absolute Gasteiger partial charge is 0.456 e. The summed E-state index contributed by atoms with van der Waals surface area (Å²) in [7, 11) is 0. The Morgan fingerprint density at radius 3 is 2.56 bits per heavy atom. The monoisotopic (exact) mass is 449 g/mol. The molecule has 2 fully saturated rings. The average Bonchev–Trinajstić information content (AvgIpc) is 2.84. The zero-order valence-electron chi connectivity index (χ0n) is 18.0. The standard InChI is InChI=1S/C26H28ClN3O2/c27-22-6-3-7-23(17-22)29-12-14-30(15-13-29)24-10-11-28-18-25(24)32-26(31)21-9-8-19-4-1-2-5-20(19)16-21/h1-9,16-17,24-25,28H,10-15,18H2/t24?,25-/m1/s1. The molecule has 2 heterocycles. The van der Waals surface area contributed by atoms with E-state index in [1.54, 1.807) is 0 Å². The Kier molecular flexibility index (Phi) is 6.30. The first-order valence-electron chi connectivity index (χ1n) is 11.3. The maximum Gasteiger partial charge on any atom is 0.338 e. The van der Waals surface area contributed by atoms with Crippen LogP contribution in [0.4, 0.5) is 5.69 Å². The Morgan fingerprint density at radius 2 is 1.75 bits per heavy atom. The normalized spacial score (nSPS) is 22.1. The fourth-order valence-corrected chi connectivity index (χ4v) is 5.05. The second kappa shape index (κ2) is 9.49. The van der Waals surface area contributed by atoms with Crippen LogP contribution in [0.2, 0.25) is 5.02 Å². The highest BCUT2D eigenvalue weighted by atomic mass is 35.5. The number of hydrogen-bond acceptors (Lipinski definition) is 5. The third-order valence-electron chi connectivity index (χ3n) is 6.59. The zero-order valence-corrected chi connectivity index (χ0v) is 18.8. The van der Waals surface area contributed by atoms with E-state index in [4.69, 9.17) is 16.3 Å². The van der Waals surface area contributed by atoms with Crippen LogP contribution in [0.5, 0.6) is 0 Å². The third kappa shape index (κ3) is 4.60. The van der Waals surface area contributed by atoms with Crippen LogP contribution in [0, 0.1) is 0 Å². The quantitative estimate of drug-likeness (QED) is 0.605. The number of nitrogens with zero attached hydrogens (tertiary/aromatic N) is 2. The van der Waals surface area contributed by atoms with Gasteiger partial charge in [0, 0.05) is 49.5 Å². The minimum Gasteiger partial charge on any atom is -0.456 e. The first kappa shape index (κ1) is 21.3. The number of ether oxygens (including phenoxy) is 1. The second-order valence-electron chi connectivity index (χ2n) is 8.57. The molecule has 166 valence electrons. The van der Waals surface area contributed by atoms with E-state index in [1.165, 1.54) is 5.69 Å². The van der Waals surface area contributed by atoms with Crippen molar-refractivity contribution in [3.8, 4) is 0 Å². The first-order chi connectivity index (χ1) is 15.7. The van der Waals surface area contributed by atoms with Crippen molar-refractivity contribution in [2.45, 2.75) is 18.6 Å². The fourth-order valence-electron chi connectivity index (χ4n) is 4.86. The summed E-state index contributed by atoms with van der Waals surface area (Å²) < 4.78 is 6.05. The Balaban J connectivity index is 1.24. The molecule has 0 aliphatic carbocycles. The van der Waals surface area contributed by atoms with Crippen molar-refractivity contribution < 1.29 is 9.53 Å². The van der Waals surface area contributed by atoms with E-state index >= 15 is 0 Å². The van der Waals surface area contributed by atoms with Crippen molar-refractivity contribution in [2.24, 2.45) is 0 Å². The van der Waals surface area contributed by atoms with Crippen LogP contribution in [0.25, 0.3) is 10.8 Å². The summed E-state index contributed by atoms with van der Waals surface area (Å²) in [5.41, 5.74) is 1.78. The van der Waals surface area contributed by atoms with Gasteiger partial charge in [0.2, 0.25) is 0 Å². The number of carbonyl (C=O) groups is 1. The summed E-state index contributed by atoms with van der Waals surface area (Å²) in [6, 6.07) is 22.1. The molecule has 5 nitrogen and oxygen atoms in total. The molecule has 1 unspecified atom stereocenters. The number of nitrogens with one attached hydrogen (secondary N) is 1. The van der Waals surface area contributed by atoms with Gasteiger partial charge in [0.25, 0.3) is 0 Å². The smallest absolute Gasteiger partial charge is 0.338 e. The number of anilines is 1. The van der Waals surface area contributed by atoms with Gasteiger partial charge in [0.05, 0.1) is 5.56 Å². The van der Waals surface area contributed by atoms with Crippen LogP contribution >= 0.6 is 11.6 Å². The maximum absolute atomic E-state index is 13.0. The molecule has 6 heteroatoms. The lowest BCUT2D eigenvalue weighted by molar-refractivity contribution is -0.0131. The molecule has 2 atom stereocenters. The molecule has 0 bridgehead atoms. The molecular weight excluding hydrogens is 422 g/mol. The van der Waals surface area contributed by atoms with Crippen molar-refractivity contribution in [1.29, 1.82) is 0 Å². The highest BCUT2D eigenvalue weighted by molar-refractivity contribution is 6.30. The molecule has 0 spiro atoms. The number of benzene rings is 3. The number of piperazine rings is 1. The van der Waals surface area contributed by atoms with Gasteiger partial charge in [-0.25, -0.2) is 4.79 Å². The molecule has 5 rings (SSSR count). The van der Waals surface area contributed by atoms with Crippen LogP contribution < -0.4 is 10.2 Å². The summed E-state index contributed by atoms with van der Waals surface area (Å²) in [4.78, 5) is 17.8. The second-order valence-corrected chi connectivity index (χ2v) is 9.01. The highest BCUT2D eigenvalue weighted by Gasteiger charge is 2.34. The van der Waals surface area contributed by atoms with Crippen molar-refractivity contribution in [3.05, 3.63) is 77.3 Å². The molecule has 1 N–H and O–H groups in total. The number of fused-ring (bicyclic) bond motifs is 1. The van der Waals surface area contributed by atoms with E-state index in [0.717, 1.165) is 54.9 Å². The number of carbonyl (C=O) groups excluding carboxylic acids is 1. The van der Waals surface area contributed by atoms with Gasteiger partial charge in [-0.1, -0.05) is 48.0 Å². The van der Waals surface area contributed by atoms with Crippen molar-refractivity contribution >= 4 is 34.0 Å². The summed E-state index contributed by atoms with van der Waals surface area (Å²) in [5.74, 6) is -0.244. The van der Waals surface area contributed by atoms with Gasteiger partial charge in [-0.3, -0.25) is 4.90 Å². The van der Waals surface area contributed by atoms with Gasteiger partial charge in [-0.2, -0.15) is 0 Å². The van der Waals surface area contributed by atoms with Crippen LogP contribution in [0.1, 0.15) is 16.8 Å². The van der Waals surface area contributed by atoms with Gasteiger partial charge in [0.15, 0.2) is 0 Å². The Hall–Kier alpha value is -2.60. The van der Waals surface area contributed by atoms with Crippen molar-refractivity contribution in [1.82, 2.24) is 10.2 Å². The molecule has 2 aliphatic heterocycles. The summed E-state index contributed by atoms with van der Waals surface area (Å²) in [6.45, 7) is 5.41. The molecule has 3 aromatic carbocycles. The van der Waals surface area contributed by atoms with Gasteiger partial charge in [0.1, 0.15) is 6.10 Å². The minimum absolute atomic E-state index is 0.152. The fraction of sp³-hybridized carbons (Fsp3) is 0.346. The first-order valence-corrected chi connectivity index (χ1v) is 11.7. The number of hydrogen-bond donors (Lipinski definition) is 1. The molecule has 32 heavy (non-hydrogen) atoms. The van der Waals surface area contributed by atoms with Gasteiger partial charge in [-0.05, 0) is 54.1 Å². The minimum atomic E-state index is -0.244. The Morgan fingerprint density at radius 1 is 0.938 bits per heavy atom. The van der Waals surface area contributed by atoms with E-state index in [2.05, 4.69) is 27.2 Å². The van der Waals surface area contributed by atoms with Crippen molar-refractivity contribution in [3.63, 3.8) is 0 Å². The third-order valence-corrected chi connectivity index (χ3v) is 6.83. The van der Waals surface area contributed by atoms with E-state index < -0.39 is 0 Å². The van der Waals surface area contributed by atoms with Crippen LogP contribution in [0.3, 0.4) is 0 Å². The summed E-state index contributed by atoms with van der Waals surface area (Å²) in [5, 5.41) is 6.35. The molecule has 0 radical (unpaired) electrons. The topological polar surface area (TPSA) is 44.8 Å². The lowest BCUT2D eigenvalue weighted by atomic mass is 10.00. The predicted molar refractivity (Wildman–Crippen MR) is 130 cm³/mol. The van der Waals surface area contributed by atoms with Gasteiger partial charge >= 0.3 is 5.97 Å². The molecule has 0 aromatic heterocycles. The summed E-state index contributed by atoms with van der Waals surface area (Å²) in [6.07, 6.45) is 0.827. The van der Waals surface area contributed by atoms with Crippen molar-refractivity contribution in [2.75, 3.05) is 44.2 Å². The van der Waals surface area contributed by atoms with Gasteiger partial charge in [-0.15, -0.1) is 0 Å². The van der Waals surface area contributed by atoms with E-state index in [9.17, 15) is 4.79 Å². The SMILES string of the molecule is O=C(O[C@@H]1CNCCC1N1CCN(c2cccc(Cl)c2)CC1)c1ccc2ccccc2c1. The number of rotatable bonds is 4. The number of halogens is 1. The summed E-state index contributed by atoms with van der Waals surface area (Å²) >= 11 is 6.17. The molecule has 3 aromatic rings. The van der Waals surface area contributed by atoms with E-state index in [-0.39, 0.29) is 18.1 Å². The molecule has 2 saturated heterocycles. The van der Waals surface area contributed by atoms with Crippen LogP contribution in [-0.4, -0.2) is 62.3 Å².